The maximum Gasteiger partial charge on any atom is 0.110 e. The molecule has 1 aliphatic rings. The van der Waals surface area contributed by atoms with Gasteiger partial charge in [0.05, 0.1) is 11.7 Å². The molecule has 90 valence electrons. The van der Waals surface area contributed by atoms with Gasteiger partial charge in [0.15, 0.2) is 0 Å². The number of likely N-dealkylation sites (tertiary alicyclic amines) is 1. The summed E-state index contributed by atoms with van der Waals surface area (Å²) in [4.78, 5) is 7.31. The smallest absolute Gasteiger partial charge is 0.110 e. The number of hydrogen-bond donors (Lipinski definition) is 1. The summed E-state index contributed by atoms with van der Waals surface area (Å²) in [6, 6.07) is 0.939. The average Bonchev–Trinajstić information content (AvgIpc) is 2.95. The maximum atomic E-state index is 4.78. The molecule has 0 aromatic carbocycles. The molecule has 3 nitrogen and oxygen atoms in total. The van der Waals surface area contributed by atoms with Crippen molar-refractivity contribution in [2.45, 2.75) is 38.8 Å². The van der Waals surface area contributed by atoms with Crippen molar-refractivity contribution in [3.05, 3.63) is 16.1 Å². The molecular formula is C12H21N3S. The fraction of sp³-hybridized carbons (Fsp3) is 0.750. The van der Waals surface area contributed by atoms with E-state index in [1.807, 2.05) is 18.4 Å². The Balaban J connectivity index is 2.12. The van der Waals surface area contributed by atoms with Crippen molar-refractivity contribution >= 4 is 11.3 Å². The molecule has 0 saturated carbocycles. The Hall–Kier alpha value is -0.450. The standard InChI is InChI=1S/C12H21N3S/c1-4-15-7-5-6-11(15)12-14-10(8-16-12)9(2)13-3/h8-9,11,13H,4-7H2,1-3H3. The van der Waals surface area contributed by atoms with Crippen LogP contribution in [0.4, 0.5) is 0 Å². The molecule has 0 radical (unpaired) electrons. The highest BCUT2D eigenvalue weighted by Crippen LogP contribution is 2.33. The van der Waals surface area contributed by atoms with E-state index in [1.165, 1.54) is 30.1 Å². The predicted octanol–water partition coefficient (Wildman–Crippen LogP) is 2.58. The largest absolute Gasteiger partial charge is 0.312 e. The van der Waals surface area contributed by atoms with Crippen molar-refractivity contribution in [1.82, 2.24) is 15.2 Å². The van der Waals surface area contributed by atoms with Crippen molar-refractivity contribution < 1.29 is 0 Å². The molecule has 2 atom stereocenters. The van der Waals surface area contributed by atoms with Crippen molar-refractivity contribution in [3.63, 3.8) is 0 Å². The van der Waals surface area contributed by atoms with E-state index in [4.69, 9.17) is 4.98 Å². The van der Waals surface area contributed by atoms with Crippen LogP contribution in [-0.4, -0.2) is 30.0 Å². The van der Waals surface area contributed by atoms with Gasteiger partial charge < -0.3 is 5.32 Å². The summed E-state index contributed by atoms with van der Waals surface area (Å²) in [5.41, 5.74) is 1.19. The summed E-state index contributed by atoms with van der Waals surface area (Å²) in [6.45, 7) is 6.77. The molecule has 4 heteroatoms. The van der Waals surface area contributed by atoms with Crippen LogP contribution in [-0.2, 0) is 0 Å². The second kappa shape index (κ2) is 5.25. The fourth-order valence-corrected chi connectivity index (χ4v) is 3.37. The second-order valence-electron chi connectivity index (χ2n) is 4.41. The van der Waals surface area contributed by atoms with Gasteiger partial charge in [-0.05, 0) is 39.9 Å². The molecule has 2 unspecified atom stereocenters. The highest BCUT2D eigenvalue weighted by Gasteiger charge is 2.27. The zero-order chi connectivity index (χ0) is 11.5. The van der Waals surface area contributed by atoms with Gasteiger partial charge >= 0.3 is 0 Å². The molecular weight excluding hydrogens is 218 g/mol. The van der Waals surface area contributed by atoms with Gasteiger partial charge in [-0.1, -0.05) is 6.92 Å². The minimum Gasteiger partial charge on any atom is -0.312 e. The topological polar surface area (TPSA) is 28.2 Å². The van der Waals surface area contributed by atoms with Crippen molar-refractivity contribution in [1.29, 1.82) is 0 Å². The number of hydrogen-bond acceptors (Lipinski definition) is 4. The van der Waals surface area contributed by atoms with Gasteiger partial charge in [0.2, 0.25) is 0 Å². The van der Waals surface area contributed by atoms with Gasteiger partial charge in [-0.25, -0.2) is 4.98 Å². The van der Waals surface area contributed by atoms with Gasteiger partial charge in [-0.3, -0.25) is 4.90 Å². The van der Waals surface area contributed by atoms with E-state index >= 15 is 0 Å². The number of nitrogens with one attached hydrogen (secondary N) is 1. The lowest BCUT2D eigenvalue weighted by atomic mass is 10.2. The third-order valence-corrected chi connectivity index (χ3v) is 4.44. The molecule has 2 heterocycles. The van der Waals surface area contributed by atoms with Crippen LogP contribution in [0.25, 0.3) is 0 Å². The number of thiazole rings is 1. The lowest BCUT2D eigenvalue weighted by molar-refractivity contribution is 0.270. The molecule has 0 aliphatic carbocycles. The van der Waals surface area contributed by atoms with Crippen LogP contribution in [0.15, 0.2) is 5.38 Å². The normalized spacial score (nSPS) is 23.8. The van der Waals surface area contributed by atoms with Gasteiger partial charge in [0.25, 0.3) is 0 Å². The Kier molecular flexibility index (Phi) is 3.95. The first-order chi connectivity index (χ1) is 7.76. The fourth-order valence-electron chi connectivity index (χ4n) is 2.28. The van der Waals surface area contributed by atoms with Crippen LogP contribution in [0.2, 0.25) is 0 Å². The minimum atomic E-state index is 0.362. The summed E-state index contributed by atoms with van der Waals surface area (Å²) in [7, 11) is 1.98. The molecule has 1 aromatic rings. The van der Waals surface area contributed by atoms with Crippen molar-refractivity contribution in [2.24, 2.45) is 0 Å². The number of rotatable bonds is 4. The van der Waals surface area contributed by atoms with Crippen LogP contribution in [0, 0.1) is 0 Å². The lowest BCUT2D eigenvalue weighted by Crippen LogP contribution is -2.22. The Morgan fingerprint density at radius 1 is 1.69 bits per heavy atom. The Bertz CT molecular complexity index is 337. The zero-order valence-electron chi connectivity index (χ0n) is 10.4. The third kappa shape index (κ3) is 2.29. The minimum absolute atomic E-state index is 0.362. The van der Waals surface area contributed by atoms with E-state index in [0.29, 0.717) is 12.1 Å². The van der Waals surface area contributed by atoms with E-state index in [1.54, 1.807) is 0 Å². The molecule has 1 saturated heterocycles. The second-order valence-corrected chi connectivity index (χ2v) is 5.30. The van der Waals surface area contributed by atoms with E-state index in [-0.39, 0.29) is 0 Å². The molecule has 1 N–H and O–H groups in total. The van der Waals surface area contributed by atoms with Crippen molar-refractivity contribution in [2.75, 3.05) is 20.1 Å². The molecule has 1 aromatic heterocycles. The van der Waals surface area contributed by atoms with E-state index in [2.05, 4.69) is 29.4 Å². The van der Waals surface area contributed by atoms with Gasteiger partial charge in [0.1, 0.15) is 5.01 Å². The molecule has 1 fully saturated rings. The van der Waals surface area contributed by atoms with Crippen molar-refractivity contribution in [3.8, 4) is 0 Å². The van der Waals surface area contributed by atoms with Crippen LogP contribution < -0.4 is 5.32 Å². The third-order valence-electron chi connectivity index (χ3n) is 3.47. The molecule has 0 amide bonds. The van der Waals surface area contributed by atoms with Crippen LogP contribution >= 0.6 is 11.3 Å². The van der Waals surface area contributed by atoms with Gasteiger partial charge in [-0.15, -0.1) is 11.3 Å². The summed E-state index contributed by atoms with van der Waals surface area (Å²) in [5, 5.41) is 6.74. The molecule has 16 heavy (non-hydrogen) atoms. The van der Waals surface area contributed by atoms with Gasteiger partial charge in [-0.2, -0.15) is 0 Å². The van der Waals surface area contributed by atoms with Gasteiger partial charge in [0, 0.05) is 11.4 Å². The molecule has 0 spiro atoms. The zero-order valence-corrected chi connectivity index (χ0v) is 11.2. The Labute approximate surface area is 102 Å². The first-order valence-corrected chi connectivity index (χ1v) is 7.00. The predicted molar refractivity (Wildman–Crippen MR) is 68.8 cm³/mol. The maximum absolute atomic E-state index is 4.78. The van der Waals surface area contributed by atoms with Crippen LogP contribution in [0.5, 0.6) is 0 Å². The number of nitrogens with zero attached hydrogens (tertiary/aromatic N) is 2. The quantitative estimate of drug-likeness (QED) is 0.875. The average molecular weight is 239 g/mol. The Morgan fingerprint density at radius 3 is 3.19 bits per heavy atom. The first kappa shape index (κ1) is 12.0. The summed E-state index contributed by atoms with van der Waals surface area (Å²) in [5.74, 6) is 0. The Morgan fingerprint density at radius 2 is 2.50 bits per heavy atom. The van der Waals surface area contributed by atoms with E-state index in [0.717, 1.165) is 6.54 Å². The summed E-state index contributed by atoms with van der Waals surface area (Å²) in [6.07, 6.45) is 2.59. The highest BCUT2D eigenvalue weighted by atomic mass is 32.1. The molecule has 2 rings (SSSR count). The summed E-state index contributed by atoms with van der Waals surface area (Å²) >= 11 is 1.82. The summed E-state index contributed by atoms with van der Waals surface area (Å²) < 4.78 is 0. The highest BCUT2D eigenvalue weighted by molar-refractivity contribution is 7.09. The number of aromatic nitrogens is 1. The lowest BCUT2D eigenvalue weighted by Gasteiger charge is -2.20. The van der Waals surface area contributed by atoms with Crippen LogP contribution in [0.3, 0.4) is 0 Å². The van der Waals surface area contributed by atoms with E-state index in [9.17, 15) is 0 Å². The SMILES string of the molecule is CCN1CCCC1c1nc(C(C)NC)cs1. The van der Waals surface area contributed by atoms with E-state index < -0.39 is 0 Å². The molecule has 1 aliphatic heterocycles. The van der Waals surface area contributed by atoms with Crippen LogP contribution in [0.1, 0.15) is 49.5 Å². The monoisotopic (exact) mass is 239 g/mol. The first-order valence-electron chi connectivity index (χ1n) is 6.13. The molecule has 0 bridgehead atoms.